The van der Waals surface area contributed by atoms with E-state index in [2.05, 4.69) is 26.1 Å². The largest absolute Gasteiger partial charge is 0.314 e. The van der Waals surface area contributed by atoms with E-state index in [1.165, 1.54) is 0 Å². The van der Waals surface area contributed by atoms with Crippen molar-refractivity contribution in [2.75, 3.05) is 32.9 Å². The summed E-state index contributed by atoms with van der Waals surface area (Å²) in [5, 5.41) is 3.89. The zero-order valence-electron chi connectivity index (χ0n) is 9.83. The molecular formula is C12H16BrCl2FN2. The molecular weight excluding hydrogens is 342 g/mol. The first-order valence-electron chi connectivity index (χ1n) is 5.68. The van der Waals surface area contributed by atoms with Gasteiger partial charge in [0.05, 0.1) is 6.04 Å². The average Bonchev–Trinajstić information content (AvgIpc) is 2.34. The Morgan fingerprint density at radius 2 is 2.06 bits per heavy atom. The van der Waals surface area contributed by atoms with Crippen LogP contribution >= 0.6 is 39.9 Å². The van der Waals surface area contributed by atoms with Crippen LogP contribution < -0.4 is 5.32 Å². The van der Waals surface area contributed by atoms with Gasteiger partial charge in [0, 0.05) is 35.7 Å². The van der Waals surface area contributed by atoms with E-state index in [4.69, 9.17) is 11.6 Å². The van der Waals surface area contributed by atoms with Crippen molar-refractivity contribution in [3.63, 3.8) is 0 Å². The third-order valence-electron chi connectivity index (χ3n) is 3.06. The molecule has 6 heteroatoms. The molecule has 0 saturated carbocycles. The molecule has 0 spiro atoms. The highest BCUT2D eigenvalue weighted by atomic mass is 79.9. The lowest BCUT2D eigenvalue weighted by molar-refractivity contribution is 0.147. The highest BCUT2D eigenvalue weighted by molar-refractivity contribution is 9.10. The molecule has 1 fully saturated rings. The first kappa shape index (κ1) is 16.2. The van der Waals surface area contributed by atoms with Gasteiger partial charge in [-0.2, -0.15) is 0 Å². The summed E-state index contributed by atoms with van der Waals surface area (Å²) in [4.78, 5) is 2.14. The van der Waals surface area contributed by atoms with Crippen LogP contribution in [-0.2, 0) is 0 Å². The smallest absolute Gasteiger partial charge is 0.109 e. The molecule has 0 bridgehead atoms. The van der Waals surface area contributed by atoms with Crippen molar-refractivity contribution in [2.24, 2.45) is 0 Å². The van der Waals surface area contributed by atoms with Crippen molar-refractivity contribution in [1.82, 2.24) is 10.2 Å². The van der Waals surface area contributed by atoms with Crippen LogP contribution in [0.15, 0.2) is 22.7 Å². The van der Waals surface area contributed by atoms with Gasteiger partial charge in [0.15, 0.2) is 0 Å². The van der Waals surface area contributed by atoms with Gasteiger partial charge in [-0.05, 0) is 17.7 Å². The topological polar surface area (TPSA) is 15.3 Å². The molecule has 1 aliphatic heterocycles. The molecule has 102 valence electrons. The summed E-state index contributed by atoms with van der Waals surface area (Å²) in [6.07, 6.45) is 0. The maximum Gasteiger partial charge on any atom is 0.109 e. The van der Waals surface area contributed by atoms with Crippen molar-refractivity contribution in [1.29, 1.82) is 0 Å². The summed E-state index contributed by atoms with van der Waals surface area (Å²) in [6.45, 7) is 3.14. The van der Waals surface area contributed by atoms with E-state index in [0.29, 0.717) is 5.02 Å². The van der Waals surface area contributed by atoms with Crippen molar-refractivity contribution >= 4 is 39.9 Å². The molecule has 1 aromatic carbocycles. The Morgan fingerprint density at radius 1 is 1.39 bits per heavy atom. The van der Waals surface area contributed by atoms with Gasteiger partial charge in [0.25, 0.3) is 0 Å². The summed E-state index contributed by atoms with van der Waals surface area (Å²) < 4.78 is 14.2. The molecule has 2 rings (SSSR count). The minimum Gasteiger partial charge on any atom is -0.314 e. The van der Waals surface area contributed by atoms with Crippen LogP contribution in [0, 0.1) is 0 Å². The fraction of sp³-hybridized carbons (Fsp3) is 0.500. The Labute approximate surface area is 126 Å². The zero-order chi connectivity index (χ0) is 12.3. The molecule has 0 amide bonds. The minimum atomic E-state index is -0.401. The molecule has 0 aliphatic carbocycles. The van der Waals surface area contributed by atoms with Gasteiger partial charge in [0.1, 0.15) is 6.67 Å². The number of nitrogens with zero attached hydrogens (tertiary/aromatic N) is 1. The first-order valence-corrected chi connectivity index (χ1v) is 6.85. The highest BCUT2D eigenvalue weighted by Gasteiger charge is 2.23. The summed E-state index contributed by atoms with van der Waals surface area (Å²) in [7, 11) is 0. The van der Waals surface area contributed by atoms with Gasteiger partial charge < -0.3 is 5.32 Å². The number of nitrogens with one attached hydrogen (secondary N) is 1. The highest BCUT2D eigenvalue weighted by Crippen LogP contribution is 2.30. The van der Waals surface area contributed by atoms with Crippen molar-refractivity contribution < 1.29 is 4.39 Å². The van der Waals surface area contributed by atoms with Gasteiger partial charge in [-0.1, -0.05) is 33.6 Å². The number of hydrogen-bond acceptors (Lipinski definition) is 2. The van der Waals surface area contributed by atoms with E-state index in [-0.39, 0.29) is 18.4 Å². The Balaban J connectivity index is 0.00000162. The molecule has 1 N–H and O–H groups in total. The number of halogens is 4. The molecule has 1 saturated heterocycles. The lowest BCUT2D eigenvalue weighted by atomic mass is 10.1. The van der Waals surface area contributed by atoms with E-state index in [1.807, 2.05) is 18.2 Å². The van der Waals surface area contributed by atoms with Gasteiger partial charge in [-0.25, -0.2) is 4.39 Å². The van der Waals surface area contributed by atoms with E-state index in [0.717, 1.165) is 36.2 Å². The first-order chi connectivity index (χ1) is 8.22. The third-order valence-corrected chi connectivity index (χ3v) is 3.88. The SMILES string of the molecule is Cl.FC[C@H](c1ccc(Br)cc1Cl)N1CCNCC1. The molecule has 18 heavy (non-hydrogen) atoms. The van der Waals surface area contributed by atoms with Gasteiger partial charge in [-0.3, -0.25) is 4.90 Å². The van der Waals surface area contributed by atoms with Crippen LogP contribution in [0.2, 0.25) is 5.02 Å². The fourth-order valence-electron chi connectivity index (χ4n) is 2.14. The number of hydrogen-bond donors (Lipinski definition) is 1. The van der Waals surface area contributed by atoms with Gasteiger partial charge in [-0.15, -0.1) is 12.4 Å². The molecule has 0 radical (unpaired) electrons. The van der Waals surface area contributed by atoms with E-state index >= 15 is 0 Å². The molecule has 1 heterocycles. The maximum atomic E-state index is 13.3. The van der Waals surface area contributed by atoms with Crippen LogP contribution in [0.5, 0.6) is 0 Å². The molecule has 1 aromatic rings. The predicted molar refractivity (Wildman–Crippen MR) is 79.6 cm³/mol. The second-order valence-corrected chi connectivity index (χ2v) is 5.44. The van der Waals surface area contributed by atoms with E-state index in [1.54, 1.807) is 0 Å². The zero-order valence-corrected chi connectivity index (χ0v) is 13.0. The van der Waals surface area contributed by atoms with E-state index in [9.17, 15) is 4.39 Å². The minimum absolute atomic E-state index is 0. The van der Waals surface area contributed by atoms with Crippen LogP contribution in [0.3, 0.4) is 0 Å². The number of alkyl halides is 1. The van der Waals surface area contributed by atoms with Crippen molar-refractivity contribution in [2.45, 2.75) is 6.04 Å². The lowest BCUT2D eigenvalue weighted by Crippen LogP contribution is -2.45. The molecule has 1 aliphatic rings. The van der Waals surface area contributed by atoms with Crippen molar-refractivity contribution in [3.8, 4) is 0 Å². The van der Waals surface area contributed by atoms with E-state index < -0.39 is 6.67 Å². The van der Waals surface area contributed by atoms with Crippen molar-refractivity contribution in [3.05, 3.63) is 33.3 Å². The second-order valence-electron chi connectivity index (χ2n) is 4.12. The molecule has 0 aromatic heterocycles. The number of rotatable bonds is 3. The molecule has 2 nitrogen and oxygen atoms in total. The number of piperazine rings is 1. The summed E-state index contributed by atoms with van der Waals surface area (Å²) >= 11 is 9.54. The van der Waals surface area contributed by atoms with Gasteiger partial charge in [0.2, 0.25) is 0 Å². The van der Waals surface area contributed by atoms with Crippen LogP contribution in [-0.4, -0.2) is 37.8 Å². The molecule has 1 atom stereocenters. The predicted octanol–water partition coefficient (Wildman–Crippen LogP) is 3.44. The summed E-state index contributed by atoms with van der Waals surface area (Å²) in [5.41, 5.74) is 0.874. The Kier molecular flexibility index (Phi) is 6.88. The lowest BCUT2D eigenvalue weighted by Gasteiger charge is -2.34. The average molecular weight is 358 g/mol. The third kappa shape index (κ3) is 3.81. The summed E-state index contributed by atoms with van der Waals surface area (Å²) in [5.74, 6) is 0. The van der Waals surface area contributed by atoms with Crippen LogP contribution in [0.4, 0.5) is 4.39 Å². The molecule has 0 unspecified atom stereocenters. The monoisotopic (exact) mass is 356 g/mol. The summed E-state index contributed by atoms with van der Waals surface area (Å²) in [6, 6.07) is 5.41. The standard InChI is InChI=1S/C12H15BrClFN2.ClH/c13-9-1-2-10(11(14)7-9)12(8-15)17-5-3-16-4-6-17;/h1-2,7,12,16H,3-6,8H2;1H/t12-;/m1./s1. The number of benzene rings is 1. The fourth-order valence-corrected chi connectivity index (χ4v) is 2.94. The Morgan fingerprint density at radius 3 is 2.61 bits per heavy atom. The second kappa shape index (κ2) is 7.65. The van der Waals surface area contributed by atoms with Crippen LogP contribution in [0.1, 0.15) is 11.6 Å². The van der Waals surface area contributed by atoms with Crippen LogP contribution in [0.25, 0.3) is 0 Å². The normalized spacial score (nSPS) is 18.2. The Hall–Kier alpha value is 0.130. The quantitative estimate of drug-likeness (QED) is 0.891. The maximum absolute atomic E-state index is 13.3. The van der Waals surface area contributed by atoms with Gasteiger partial charge >= 0.3 is 0 Å². The Bertz CT molecular complexity index is 386.